The van der Waals surface area contributed by atoms with Crippen molar-refractivity contribution in [2.75, 3.05) is 39.9 Å². The molecule has 0 unspecified atom stereocenters. The Morgan fingerprint density at radius 2 is 1.98 bits per heavy atom. The van der Waals surface area contributed by atoms with E-state index in [1.54, 1.807) is 19.4 Å². The number of pyridine rings is 1. The Labute approximate surface area is 234 Å². The first-order valence-electron chi connectivity index (χ1n) is 13.4. The molecule has 11 heteroatoms. The number of ether oxygens (including phenoxy) is 3. The summed E-state index contributed by atoms with van der Waals surface area (Å²) in [5.41, 5.74) is 3.41. The van der Waals surface area contributed by atoms with Crippen LogP contribution in [-0.2, 0) is 34.5 Å². The van der Waals surface area contributed by atoms with E-state index in [4.69, 9.17) is 19.2 Å². The number of carbonyl (C=O) groups excluding carboxylic acids is 2. The van der Waals surface area contributed by atoms with Gasteiger partial charge in [0.2, 0.25) is 5.91 Å². The molecular weight excluding hydrogens is 512 g/mol. The van der Waals surface area contributed by atoms with Crippen molar-refractivity contribution in [2.24, 2.45) is 7.05 Å². The van der Waals surface area contributed by atoms with Crippen LogP contribution in [-0.4, -0.2) is 88.2 Å². The van der Waals surface area contributed by atoms with Crippen LogP contribution in [0, 0.1) is 13.8 Å². The lowest BCUT2D eigenvalue weighted by Crippen LogP contribution is -2.49. The molecular formula is C29H36N6O5. The summed E-state index contributed by atoms with van der Waals surface area (Å²) in [6.45, 7) is 6.73. The van der Waals surface area contributed by atoms with Crippen LogP contribution in [0.25, 0.3) is 0 Å². The SMILES string of the molecule is COCCN1CC(=O)N[C@H]2CN(Cc3nc(C)c(C)n3C)C[C@@H]2OCc2cccc(c2)Oc2cncc(c2)C1=O. The number of nitrogens with one attached hydrogen (secondary N) is 1. The zero-order valence-corrected chi connectivity index (χ0v) is 23.4. The highest BCUT2D eigenvalue weighted by Gasteiger charge is 2.36. The van der Waals surface area contributed by atoms with Crippen molar-refractivity contribution in [3.63, 3.8) is 0 Å². The summed E-state index contributed by atoms with van der Waals surface area (Å²) >= 11 is 0. The number of aryl methyl sites for hydroxylation is 1. The van der Waals surface area contributed by atoms with Crippen molar-refractivity contribution in [1.29, 1.82) is 0 Å². The molecule has 2 aliphatic rings. The Bertz CT molecular complexity index is 1370. The molecule has 3 aromatic rings. The molecule has 0 spiro atoms. The third kappa shape index (κ3) is 6.33. The molecule has 11 nitrogen and oxygen atoms in total. The van der Waals surface area contributed by atoms with E-state index in [1.807, 2.05) is 38.2 Å². The summed E-state index contributed by atoms with van der Waals surface area (Å²) in [5.74, 6) is 1.43. The fourth-order valence-corrected chi connectivity index (χ4v) is 5.11. The van der Waals surface area contributed by atoms with Gasteiger partial charge < -0.3 is 29.0 Å². The Hall–Kier alpha value is -3.80. The number of benzene rings is 1. The molecule has 40 heavy (non-hydrogen) atoms. The Balaban J connectivity index is 1.41. The van der Waals surface area contributed by atoms with Crippen LogP contribution < -0.4 is 10.1 Å². The summed E-state index contributed by atoms with van der Waals surface area (Å²) in [4.78, 5) is 39.4. The number of rotatable bonds is 5. The molecule has 4 heterocycles. The zero-order chi connectivity index (χ0) is 28.2. The molecule has 0 saturated carbocycles. The van der Waals surface area contributed by atoms with E-state index in [1.165, 1.54) is 11.1 Å². The first-order valence-corrected chi connectivity index (χ1v) is 13.4. The minimum atomic E-state index is -0.327. The van der Waals surface area contributed by atoms with Gasteiger partial charge in [-0.15, -0.1) is 0 Å². The first kappa shape index (κ1) is 27.8. The predicted octanol–water partition coefficient (Wildman–Crippen LogP) is 2.21. The van der Waals surface area contributed by atoms with Crippen molar-refractivity contribution < 1.29 is 23.8 Å². The van der Waals surface area contributed by atoms with Crippen LogP contribution in [0.5, 0.6) is 11.5 Å². The third-order valence-corrected chi connectivity index (χ3v) is 7.51. The highest BCUT2D eigenvalue weighted by molar-refractivity contribution is 5.96. The standard InChI is InChI=1S/C29H36N6O5/c1-19-20(2)33(3)27(31-19)16-34-14-25-26(15-34)39-18-21-6-5-7-23(10-21)40-24-11-22(12-30-13-24)29(37)35(8-9-38-4)17-28(36)32-25/h5-7,10-13,25-26H,8-9,14-18H2,1-4H3,(H,32,36)/t25-,26-/m0/s1. The predicted molar refractivity (Wildman–Crippen MR) is 147 cm³/mol. The molecule has 1 N–H and O–H groups in total. The summed E-state index contributed by atoms with van der Waals surface area (Å²) in [5, 5.41) is 3.14. The largest absolute Gasteiger partial charge is 0.456 e. The smallest absolute Gasteiger partial charge is 0.256 e. The van der Waals surface area contributed by atoms with Gasteiger partial charge in [-0.25, -0.2) is 4.98 Å². The van der Waals surface area contributed by atoms with Gasteiger partial charge in [0.15, 0.2) is 0 Å². The van der Waals surface area contributed by atoms with Gasteiger partial charge in [0.25, 0.3) is 5.91 Å². The number of imidazole rings is 1. The number of methoxy groups -OCH3 is 1. The summed E-state index contributed by atoms with van der Waals surface area (Å²) in [6.07, 6.45) is 2.79. The zero-order valence-electron chi connectivity index (χ0n) is 23.4. The van der Waals surface area contributed by atoms with Crippen LogP contribution >= 0.6 is 0 Å². The lowest BCUT2D eigenvalue weighted by atomic mass is 10.2. The fourth-order valence-electron chi connectivity index (χ4n) is 5.11. The average molecular weight is 549 g/mol. The summed E-state index contributed by atoms with van der Waals surface area (Å²) < 4.78 is 19.7. The van der Waals surface area contributed by atoms with Crippen molar-refractivity contribution in [3.8, 4) is 11.5 Å². The Morgan fingerprint density at radius 3 is 2.75 bits per heavy atom. The summed E-state index contributed by atoms with van der Waals surface area (Å²) in [7, 11) is 3.58. The van der Waals surface area contributed by atoms with Crippen LogP contribution in [0.1, 0.15) is 33.1 Å². The highest BCUT2D eigenvalue weighted by Crippen LogP contribution is 2.25. The highest BCUT2D eigenvalue weighted by atomic mass is 16.5. The maximum atomic E-state index is 13.4. The van der Waals surface area contributed by atoms with Gasteiger partial charge in [-0.1, -0.05) is 12.1 Å². The number of nitrogens with zero attached hydrogens (tertiary/aromatic N) is 5. The lowest BCUT2D eigenvalue weighted by Gasteiger charge is -2.25. The molecule has 0 radical (unpaired) electrons. The average Bonchev–Trinajstić information content (AvgIpc) is 3.43. The van der Waals surface area contributed by atoms with Crippen molar-refractivity contribution >= 4 is 11.8 Å². The quantitative estimate of drug-likeness (QED) is 0.517. The molecule has 2 aromatic heterocycles. The van der Waals surface area contributed by atoms with Gasteiger partial charge in [0, 0.05) is 45.7 Å². The molecule has 0 aliphatic carbocycles. The van der Waals surface area contributed by atoms with Gasteiger partial charge in [-0.2, -0.15) is 0 Å². The van der Waals surface area contributed by atoms with Crippen LogP contribution in [0.4, 0.5) is 0 Å². The van der Waals surface area contributed by atoms with Crippen LogP contribution in [0.2, 0.25) is 0 Å². The molecule has 2 aliphatic heterocycles. The molecule has 1 fully saturated rings. The lowest BCUT2D eigenvalue weighted by molar-refractivity contribution is -0.123. The number of carbonyl (C=O) groups is 2. The normalized spacial score (nSPS) is 20.2. The van der Waals surface area contributed by atoms with E-state index in [0.717, 1.165) is 22.8 Å². The van der Waals surface area contributed by atoms with Crippen LogP contribution in [0.15, 0.2) is 42.7 Å². The van der Waals surface area contributed by atoms with E-state index >= 15 is 0 Å². The van der Waals surface area contributed by atoms with E-state index in [0.29, 0.717) is 49.9 Å². The number of fused-ring (bicyclic) bond motifs is 5. The van der Waals surface area contributed by atoms with Crippen molar-refractivity contribution in [2.45, 2.75) is 39.1 Å². The molecule has 1 saturated heterocycles. The monoisotopic (exact) mass is 548 g/mol. The topological polar surface area (TPSA) is 111 Å². The van der Waals surface area contributed by atoms with Gasteiger partial charge in [-0.3, -0.25) is 19.5 Å². The first-order chi connectivity index (χ1) is 19.3. The number of amides is 2. The van der Waals surface area contributed by atoms with E-state index in [9.17, 15) is 9.59 Å². The Kier molecular flexibility index (Phi) is 8.43. The van der Waals surface area contributed by atoms with E-state index in [2.05, 4.69) is 26.7 Å². The maximum absolute atomic E-state index is 13.4. The van der Waals surface area contributed by atoms with Gasteiger partial charge in [0.1, 0.15) is 17.3 Å². The number of aromatic nitrogens is 3. The van der Waals surface area contributed by atoms with E-state index in [-0.39, 0.29) is 37.0 Å². The molecule has 2 atom stereocenters. The van der Waals surface area contributed by atoms with Gasteiger partial charge in [0.05, 0.1) is 55.9 Å². The number of hydrogen-bond donors (Lipinski definition) is 1. The second kappa shape index (κ2) is 12.2. The van der Waals surface area contributed by atoms with Gasteiger partial charge >= 0.3 is 0 Å². The molecule has 2 amide bonds. The second-order valence-corrected chi connectivity index (χ2v) is 10.4. The maximum Gasteiger partial charge on any atom is 0.256 e. The van der Waals surface area contributed by atoms with Gasteiger partial charge in [-0.05, 0) is 37.6 Å². The summed E-state index contributed by atoms with van der Waals surface area (Å²) in [6, 6.07) is 9.01. The van der Waals surface area contributed by atoms with Crippen molar-refractivity contribution in [1.82, 2.24) is 29.7 Å². The molecule has 1 aromatic carbocycles. The van der Waals surface area contributed by atoms with Crippen LogP contribution in [0.3, 0.4) is 0 Å². The van der Waals surface area contributed by atoms with Crippen molar-refractivity contribution in [3.05, 3.63) is 71.1 Å². The molecule has 4 bridgehead atoms. The number of likely N-dealkylation sites (tertiary alicyclic amines) is 1. The number of hydrogen-bond acceptors (Lipinski definition) is 8. The third-order valence-electron chi connectivity index (χ3n) is 7.51. The minimum Gasteiger partial charge on any atom is -0.456 e. The molecule has 212 valence electrons. The minimum absolute atomic E-state index is 0.118. The van der Waals surface area contributed by atoms with E-state index < -0.39 is 0 Å². The Morgan fingerprint density at radius 1 is 1.12 bits per heavy atom. The second-order valence-electron chi connectivity index (χ2n) is 10.4. The fraction of sp³-hybridized carbons (Fsp3) is 0.448. The molecule has 5 rings (SSSR count).